The summed E-state index contributed by atoms with van der Waals surface area (Å²) in [7, 11) is -4.03. The van der Waals surface area contributed by atoms with Gasteiger partial charge >= 0.3 is 0 Å². The van der Waals surface area contributed by atoms with Gasteiger partial charge in [-0.15, -0.1) is 0 Å². The lowest BCUT2D eigenvalue weighted by atomic mass is 9.95. The molecule has 0 spiro atoms. The Kier molecular flexibility index (Phi) is 5.91. The highest BCUT2D eigenvalue weighted by Crippen LogP contribution is 2.33. The molecule has 0 saturated carbocycles. The van der Waals surface area contributed by atoms with Gasteiger partial charge in [-0.1, -0.05) is 25.4 Å². The number of benzene rings is 1. The zero-order chi connectivity index (χ0) is 17.1. The average molecular weight is 350 g/mol. The second-order valence-corrected chi connectivity index (χ2v) is 7.18. The van der Waals surface area contributed by atoms with Gasteiger partial charge in [-0.05, 0) is 31.4 Å². The highest BCUT2D eigenvalue weighted by atomic mass is 35.5. The molecule has 1 aromatic carbocycles. The summed E-state index contributed by atoms with van der Waals surface area (Å²) in [6.07, 6.45) is 0.982. The fourth-order valence-corrected chi connectivity index (χ4v) is 4.33. The summed E-state index contributed by atoms with van der Waals surface area (Å²) >= 11 is 5.93. The molecule has 0 heterocycles. The topological polar surface area (TPSA) is 115 Å². The van der Waals surface area contributed by atoms with Gasteiger partial charge in [0.25, 0.3) is 5.69 Å². The van der Waals surface area contributed by atoms with Gasteiger partial charge in [-0.3, -0.25) is 10.1 Å². The average Bonchev–Trinajstić information content (AvgIpc) is 2.46. The Morgan fingerprint density at radius 3 is 2.32 bits per heavy atom. The third-order valence-electron chi connectivity index (χ3n) is 3.75. The van der Waals surface area contributed by atoms with Crippen LogP contribution in [0.3, 0.4) is 0 Å². The van der Waals surface area contributed by atoms with Gasteiger partial charge in [0.15, 0.2) is 0 Å². The fourth-order valence-electron chi connectivity index (χ4n) is 2.11. The van der Waals surface area contributed by atoms with Crippen molar-refractivity contribution in [3.63, 3.8) is 0 Å². The van der Waals surface area contributed by atoms with Crippen LogP contribution in [-0.2, 0) is 10.0 Å². The predicted octanol–water partition coefficient (Wildman–Crippen LogP) is 2.35. The van der Waals surface area contributed by atoms with Crippen molar-refractivity contribution in [2.24, 2.45) is 5.73 Å². The number of nitro groups is 1. The third kappa shape index (κ3) is 3.75. The minimum absolute atomic E-state index is 0.116. The number of hydrogen-bond donors (Lipinski definition) is 2. The molecule has 3 N–H and O–H groups in total. The standard InChI is InChI=1S/C13H20ClN3O4S/c1-4-13(5-2,8-15)16-22(20,21)11-7-9(3)6-10(12(11)14)17(18)19/h6-7,16H,4-5,8,15H2,1-3H3. The molecule has 0 aliphatic heterocycles. The zero-order valence-electron chi connectivity index (χ0n) is 12.7. The van der Waals surface area contributed by atoms with Crippen molar-refractivity contribution in [2.45, 2.75) is 44.0 Å². The molecule has 0 bridgehead atoms. The minimum Gasteiger partial charge on any atom is -0.329 e. The van der Waals surface area contributed by atoms with Crippen LogP contribution in [0.25, 0.3) is 0 Å². The number of nitrogens with two attached hydrogens (primary N) is 1. The van der Waals surface area contributed by atoms with Crippen LogP contribution in [0.5, 0.6) is 0 Å². The maximum absolute atomic E-state index is 12.6. The molecule has 1 rings (SSSR count). The van der Waals surface area contributed by atoms with E-state index in [1.54, 1.807) is 6.92 Å². The lowest BCUT2D eigenvalue weighted by molar-refractivity contribution is -0.385. The van der Waals surface area contributed by atoms with Crippen LogP contribution in [0.2, 0.25) is 5.02 Å². The molecule has 0 aliphatic rings. The largest absolute Gasteiger partial charge is 0.329 e. The first-order valence-corrected chi connectivity index (χ1v) is 8.67. The molecular weight excluding hydrogens is 330 g/mol. The van der Waals surface area contributed by atoms with Gasteiger partial charge in [0.1, 0.15) is 9.92 Å². The number of sulfonamides is 1. The molecule has 0 saturated heterocycles. The number of aryl methyl sites for hydroxylation is 1. The van der Waals surface area contributed by atoms with Gasteiger partial charge in [0, 0.05) is 18.2 Å². The van der Waals surface area contributed by atoms with E-state index in [1.165, 1.54) is 12.1 Å². The Labute approximate surface area is 135 Å². The normalized spacial score (nSPS) is 12.4. The minimum atomic E-state index is -4.03. The van der Waals surface area contributed by atoms with Crippen LogP contribution in [0.15, 0.2) is 17.0 Å². The van der Waals surface area contributed by atoms with Crippen molar-refractivity contribution in [3.8, 4) is 0 Å². The summed E-state index contributed by atoms with van der Waals surface area (Å²) in [6, 6.07) is 2.54. The molecule has 0 fully saturated rings. The maximum atomic E-state index is 12.6. The Balaban J connectivity index is 3.44. The quantitative estimate of drug-likeness (QED) is 0.579. The third-order valence-corrected chi connectivity index (χ3v) is 5.86. The van der Waals surface area contributed by atoms with E-state index in [9.17, 15) is 18.5 Å². The Morgan fingerprint density at radius 1 is 1.36 bits per heavy atom. The van der Waals surface area contributed by atoms with Gasteiger partial charge in [-0.2, -0.15) is 0 Å². The van der Waals surface area contributed by atoms with Crippen molar-refractivity contribution < 1.29 is 13.3 Å². The number of halogens is 1. The van der Waals surface area contributed by atoms with Crippen molar-refractivity contribution in [1.29, 1.82) is 0 Å². The summed E-state index contributed by atoms with van der Waals surface area (Å²) in [5, 5.41) is 10.6. The van der Waals surface area contributed by atoms with E-state index < -0.39 is 31.2 Å². The smallest absolute Gasteiger partial charge is 0.289 e. The zero-order valence-corrected chi connectivity index (χ0v) is 14.3. The van der Waals surface area contributed by atoms with Gasteiger partial charge in [0.05, 0.1) is 4.92 Å². The Bertz CT molecular complexity index is 664. The van der Waals surface area contributed by atoms with E-state index in [1.807, 2.05) is 13.8 Å². The van der Waals surface area contributed by atoms with Crippen LogP contribution in [0, 0.1) is 17.0 Å². The summed E-state index contributed by atoms with van der Waals surface area (Å²) in [5.74, 6) is 0. The molecule has 0 radical (unpaired) electrons. The highest BCUT2D eigenvalue weighted by Gasteiger charge is 2.33. The van der Waals surface area contributed by atoms with E-state index in [4.69, 9.17) is 17.3 Å². The fraction of sp³-hybridized carbons (Fsp3) is 0.538. The molecule has 9 heteroatoms. The van der Waals surface area contributed by atoms with E-state index in [0.717, 1.165) is 0 Å². The monoisotopic (exact) mass is 349 g/mol. The molecular formula is C13H20ClN3O4S. The molecule has 22 heavy (non-hydrogen) atoms. The first-order valence-electron chi connectivity index (χ1n) is 6.81. The van der Waals surface area contributed by atoms with Crippen LogP contribution in [-0.4, -0.2) is 25.4 Å². The molecule has 0 atom stereocenters. The first-order chi connectivity index (χ1) is 10.1. The molecule has 124 valence electrons. The Hall–Kier alpha value is -1.22. The van der Waals surface area contributed by atoms with Crippen LogP contribution < -0.4 is 10.5 Å². The lowest BCUT2D eigenvalue weighted by Crippen LogP contribution is -2.52. The molecule has 1 aromatic rings. The van der Waals surface area contributed by atoms with E-state index in [-0.39, 0.29) is 11.4 Å². The summed E-state index contributed by atoms with van der Waals surface area (Å²) < 4.78 is 27.7. The number of nitro benzene ring substituents is 1. The van der Waals surface area contributed by atoms with Crippen LogP contribution in [0.4, 0.5) is 5.69 Å². The maximum Gasteiger partial charge on any atom is 0.289 e. The molecule has 0 amide bonds. The van der Waals surface area contributed by atoms with Gasteiger partial charge in [-0.25, -0.2) is 13.1 Å². The van der Waals surface area contributed by atoms with Crippen molar-refractivity contribution >= 4 is 27.3 Å². The van der Waals surface area contributed by atoms with Crippen LogP contribution in [0.1, 0.15) is 32.3 Å². The lowest BCUT2D eigenvalue weighted by Gasteiger charge is -2.31. The Morgan fingerprint density at radius 2 is 1.91 bits per heavy atom. The second-order valence-electron chi connectivity index (χ2n) is 5.15. The summed E-state index contributed by atoms with van der Waals surface area (Å²) in [5.41, 5.74) is 4.88. The van der Waals surface area contributed by atoms with Crippen molar-refractivity contribution in [3.05, 3.63) is 32.8 Å². The highest BCUT2D eigenvalue weighted by molar-refractivity contribution is 7.89. The summed E-state index contributed by atoms with van der Waals surface area (Å²) in [6.45, 7) is 5.32. The molecule has 0 aliphatic carbocycles. The number of nitrogens with one attached hydrogen (secondary N) is 1. The van der Waals surface area contributed by atoms with E-state index >= 15 is 0 Å². The van der Waals surface area contributed by atoms with E-state index in [2.05, 4.69) is 4.72 Å². The SMILES string of the molecule is CCC(CC)(CN)NS(=O)(=O)c1cc(C)cc([N+](=O)[O-])c1Cl. The summed E-state index contributed by atoms with van der Waals surface area (Å²) in [4.78, 5) is 9.98. The second kappa shape index (κ2) is 6.91. The first kappa shape index (κ1) is 18.8. The number of hydrogen-bond acceptors (Lipinski definition) is 5. The van der Waals surface area contributed by atoms with E-state index in [0.29, 0.717) is 18.4 Å². The van der Waals surface area contributed by atoms with Crippen molar-refractivity contribution in [2.75, 3.05) is 6.54 Å². The predicted molar refractivity (Wildman–Crippen MR) is 85.5 cm³/mol. The van der Waals surface area contributed by atoms with Gasteiger partial charge in [0.2, 0.25) is 10.0 Å². The van der Waals surface area contributed by atoms with Crippen LogP contribution >= 0.6 is 11.6 Å². The number of nitrogens with zero attached hydrogens (tertiary/aromatic N) is 1. The number of rotatable bonds is 7. The molecule has 7 nitrogen and oxygen atoms in total. The van der Waals surface area contributed by atoms with Gasteiger partial charge < -0.3 is 5.73 Å². The molecule has 0 unspecified atom stereocenters. The molecule has 0 aromatic heterocycles. The van der Waals surface area contributed by atoms with Crippen molar-refractivity contribution in [1.82, 2.24) is 4.72 Å².